The molecule has 0 amide bonds. The van der Waals surface area contributed by atoms with Crippen LogP contribution in [-0.4, -0.2) is 46.8 Å². The smallest absolute Gasteiger partial charge is 0.319 e. The molecule has 0 fully saturated rings. The molecular weight excluding hydrogens is 426 g/mol. The first kappa shape index (κ1) is 23.7. The summed E-state index contributed by atoms with van der Waals surface area (Å²) in [7, 11) is 3.20. The van der Waals surface area contributed by atoms with Gasteiger partial charge in [0, 0.05) is 5.56 Å². The molecule has 1 aromatic heterocycles. The number of rotatable bonds is 10. The Morgan fingerprint density at radius 1 is 1.06 bits per heavy atom. The molecule has 7 nitrogen and oxygen atoms in total. The molecule has 1 heterocycles. The van der Waals surface area contributed by atoms with Gasteiger partial charge in [0.2, 0.25) is 0 Å². The fourth-order valence-corrected chi connectivity index (χ4v) is 4.54. The molecule has 0 N–H and O–H groups in total. The minimum absolute atomic E-state index is 0.230. The lowest BCUT2D eigenvalue weighted by Gasteiger charge is -2.17. The number of thioether (sulfide) groups is 1. The number of benzene rings is 2. The molecule has 3 aromatic rings. The summed E-state index contributed by atoms with van der Waals surface area (Å²) in [6.07, 6.45) is 1.55. The van der Waals surface area contributed by atoms with Crippen molar-refractivity contribution in [1.82, 2.24) is 14.8 Å². The SMILES string of the molecule is CCCC(Sc1nnc(-c2ccc(OC)c(OC)c2)n1-c1ccccc1C)C(=O)OCC. The van der Waals surface area contributed by atoms with E-state index in [9.17, 15) is 4.79 Å². The van der Waals surface area contributed by atoms with Crippen LogP contribution in [0.25, 0.3) is 17.1 Å². The molecular formula is C24H29N3O4S. The average molecular weight is 456 g/mol. The lowest BCUT2D eigenvalue weighted by molar-refractivity contribution is -0.142. The third kappa shape index (κ3) is 5.07. The number of esters is 1. The molecule has 170 valence electrons. The molecule has 2 aromatic carbocycles. The second-order valence-electron chi connectivity index (χ2n) is 7.15. The molecule has 0 spiro atoms. The van der Waals surface area contributed by atoms with Gasteiger partial charge in [0.25, 0.3) is 0 Å². The topological polar surface area (TPSA) is 75.5 Å². The fraction of sp³-hybridized carbons (Fsp3) is 0.375. The van der Waals surface area contributed by atoms with Gasteiger partial charge in [-0.2, -0.15) is 0 Å². The Balaban J connectivity index is 2.13. The standard InChI is InChI=1S/C24H29N3O4S/c1-6-10-21(23(28)31-7-2)32-24-26-25-22(27(24)18-12-9-8-11-16(18)3)17-13-14-19(29-4)20(15-17)30-5/h8-9,11-15,21H,6-7,10H2,1-5H3. The molecule has 0 radical (unpaired) electrons. The molecule has 0 bridgehead atoms. The van der Waals surface area contributed by atoms with Gasteiger partial charge in [0.15, 0.2) is 22.5 Å². The van der Waals surface area contributed by atoms with E-state index in [0.717, 1.165) is 23.2 Å². The normalized spacial score (nSPS) is 11.8. The van der Waals surface area contributed by atoms with Gasteiger partial charge in [-0.1, -0.05) is 43.3 Å². The van der Waals surface area contributed by atoms with E-state index in [4.69, 9.17) is 14.2 Å². The molecule has 0 aliphatic rings. The first-order valence-electron chi connectivity index (χ1n) is 10.6. The van der Waals surface area contributed by atoms with Crippen LogP contribution in [0.4, 0.5) is 0 Å². The van der Waals surface area contributed by atoms with Crippen LogP contribution in [0, 0.1) is 6.92 Å². The zero-order valence-corrected chi connectivity index (χ0v) is 19.9. The third-order valence-electron chi connectivity index (χ3n) is 4.98. The summed E-state index contributed by atoms with van der Waals surface area (Å²) in [6, 6.07) is 13.7. The number of aromatic nitrogens is 3. The zero-order valence-electron chi connectivity index (χ0n) is 19.1. The van der Waals surface area contributed by atoms with Crippen LogP contribution < -0.4 is 9.47 Å². The van der Waals surface area contributed by atoms with Gasteiger partial charge in [-0.05, 0) is 50.1 Å². The van der Waals surface area contributed by atoms with Crippen LogP contribution >= 0.6 is 11.8 Å². The fourth-order valence-electron chi connectivity index (χ4n) is 3.39. The highest BCUT2D eigenvalue weighted by Gasteiger charge is 2.26. The first-order chi connectivity index (χ1) is 15.5. The van der Waals surface area contributed by atoms with Crippen LogP contribution in [0.15, 0.2) is 47.6 Å². The largest absolute Gasteiger partial charge is 0.493 e. The van der Waals surface area contributed by atoms with Crippen LogP contribution in [-0.2, 0) is 9.53 Å². The van der Waals surface area contributed by atoms with Crippen molar-refractivity contribution in [3.05, 3.63) is 48.0 Å². The summed E-state index contributed by atoms with van der Waals surface area (Å²) in [5.41, 5.74) is 2.84. The number of para-hydroxylation sites is 1. The van der Waals surface area contributed by atoms with Crippen molar-refractivity contribution in [2.45, 2.75) is 44.0 Å². The van der Waals surface area contributed by atoms with E-state index in [1.165, 1.54) is 11.8 Å². The highest BCUT2D eigenvalue weighted by atomic mass is 32.2. The molecule has 1 atom stereocenters. The third-order valence-corrected chi connectivity index (χ3v) is 6.17. The average Bonchev–Trinajstić information content (AvgIpc) is 3.22. The van der Waals surface area contributed by atoms with Crippen LogP contribution in [0.3, 0.4) is 0 Å². The van der Waals surface area contributed by atoms with Gasteiger partial charge < -0.3 is 14.2 Å². The molecule has 1 unspecified atom stereocenters. The molecule has 0 saturated heterocycles. The van der Waals surface area contributed by atoms with Crippen molar-refractivity contribution in [2.24, 2.45) is 0 Å². The van der Waals surface area contributed by atoms with E-state index in [-0.39, 0.29) is 11.2 Å². The van der Waals surface area contributed by atoms with Gasteiger partial charge in [0.05, 0.1) is 26.5 Å². The number of nitrogens with zero attached hydrogens (tertiary/aromatic N) is 3. The molecule has 32 heavy (non-hydrogen) atoms. The first-order valence-corrected chi connectivity index (χ1v) is 11.5. The number of carbonyl (C=O) groups is 1. The number of hydrogen-bond acceptors (Lipinski definition) is 7. The summed E-state index contributed by atoms with van der Waals surface area (Å²) in [5, 5.41) is 9.24. The second-order valence-corrected chi connectivity index (χ2v) is 8.31. The van der Waals surface area contributed by atoms with Gasteiger partial charge in [-0.3, -0.25) is 9.36 Å². The van der Waals surface area contributed by atoms with Crippen molar-refractivity contribution >= 4 is 17.7 Å². The maximum absolute atomic E-state index is 12.6. The Morgan fingerprint density at radius 2 is 1.81 bits per heavy atom. The van der Waals surface area contributed by atoms with E-state index in [1.54, 1.807) is 14.2 Å². The van der Waals surface area contributed by atoms with E-state index in [1.807, 2.05) is 67.8 Å². The van der Waals surface area contributed by atoms with Crippen molar-refractivity contribution in [3.63, 3.8) is 0 Å². The van der Waals surface area contributed by atoms with E-state index < -0.39 is 0 Å². The Morgan fingerprint density at radius 3 is 2.47 bits per heavy atom. The maximum atomic E-state index is 12.6. The zero-order chi connectivity index (χ0) is 23.1. The van der Waals surface area contributed by atoms with E-state index in [2.05, 4.69) is 10.2 Å². The summed E-state index contributed by atoms with van der Waals surface area (Å²) >= 11 is 1.38. The van der Waals surface area contributed by atoms with E-state index in [0.29, 0.717) is 35.5 Å². The quantitative estimate of drug-likeness (QED) is 0.311. The van der Waals surface area contributed by atoms with Crippen molar-refractivity contribution in [2.75, 3.05) is 20.8 Å². The molecule has 8 heteroatoms. The minimum atomic E-state index is -0.356. The number of ether oxygens (including phenoxy) is 3. The Labute approximate surface area is 193 Å². The van der Waals surface area contributed by atoms with E-state index >= 15 is 0 Å². The highest BCUT2D eigenvalue weighted by Crippen LogP contribution is 2.36. The lowest BCUT2D eigenvalue weighted by atomic mass is 10.1. The molecule has 3 rings (SSSR count). The summed E-state index contributed by atoms with van der Waals surface area (Å²) in [6.45, 7) is 6.25. The Bertz CT molecular complexity index is 1070. The summed E-state index contributed by atoms with van der Waals surface area (Å²) < 4.78 is 18.1. The summed E-state index contributed by atoms with van der Waals surface area (Å²) in [4.78, 5) is 12.6. The van der Waals surface area contributed by atoms with Gasteiger partial charge in [-0.15, -0.1) is 10.2 Å². The number of carbonyl (C=O) groups excluding carboxylic acids is 1. The van der Waals surface area contributed by atoms with Gasteiger partial charge in [-0.25, -0.2) is 0 Å². The van der Waals surface area contributed by atoms with Crippen LogP contribution in [0.1, 0.15) is 32.3 Å². The van der Waals surface area contributed by atoms with Gasteiger partial charge in [0.1, 0.15) is 5.25 Å². The maximum Gasteiger partial charge on any atom is 0.319 e. The lowest BCUT2D eigenvalue weighted by Crippen LogP contribution is -2.21. The predicted octanol–water partition coefficient (Wildman–Crippen LogP) is 5.08. The van der Waals surface area contributed by atoms with Crippen molar-refractivity contribution < 1.29 is 19.0 Å². The molecule has 0 aliphatic heterocycles. The summed E-state index contributed by atoms with van der Waals surface area (Å²) in [5.74, 6) is 1.67. The van der Waals surface area contributed by atoms with Crippen molar-refractivity contribution in [3.8, 4) is 28.6 Å². The Kier molecular flexibility index (Phi) is 8.16. The van der Waals surface area contributed by atoms with Gasteiger partial charge >= 0.3 is 5.97 Å². The number of hydrogen-bond donors (Lipinski definition) is 0. The molecule has 0 aliphatic carbocycles. The van der Waals surface area contributed by atoms with Crippen LogP contribution in [0.2, 0.25) is 0 Å². The van der Waals surface area contributed by atoms with Crippen LogP contribution in [0.5, 0.6) is 11.5 Å². The highest BCUT2D eigenvalue weighted by molar-refractivity contribution is 8.00. The predicted molar refractivity (Wildman–Crippen MR) is 126 cm³/mol. The molecule has 0 saturated carbocycles. The number of aryl methyl sites for hydroxylation is 1. The second kappa shape index (κ2) is 11.0. The Hall–Kier alpha value is -3.00. The monoisotopic (exact) mass is 455 g/mol. The minimum Gasteiger partial charge on any atom is -0.493 e. The number of methoxy groups -OCH3 is 2. The van der Waals surface area contributed by atoms with Crippen molar-refractivity contribution in [1.29, 1.82) is 0 Å².